The summed E-state index contributed by atoms with van der Waals surface area (Å²) in [5, 5.41) is 13.0. The van der Waals surface area contributed by atoms with E-state index in [9.17, 15) is 9.90 Å². The topological polar surface area (TPSA) is 49.3 Å². The van der Waals surface area contributed by atoms with Crippen LogP contribution in [-0.2, 0) is 11.2 Å². The summed E-state index contributed by atoms with van der Waals surface area (Å²) in [7, 11) is 0. The van der Waals surface area contributed by atoms with Crippen LogP contribution in [-0.4, -0.2) is 23.7 Å². The molecule has 1 rings (SSSR count). The van der Waals surface area contributed by atoms with Gasteiger partial charge in [0.1, 0.15) is 0 Å². The Morgan fingerprint density at radius 1 is 1.23 bits per heavy atom. The predicted octanol–water partition coefficient (Wildman–Crippen LogP) is 4.64. The lowest BCUT2D eigenvalue weighted by molar-refractivity contribution is -0.149. The van der Waals surface area contributed by atoms with Crippen molar-refractivity contribution < 1.29 is 9.90 Å². The van der Waals surface area contributed by atoms with Crippen molar-refractivity contribution >= 4 is 21.9 Å². The molecule has 0 radical (unpaired) electrons. The van der Waals surface area contributed by atoms with Gasteiger partial charge in [-0.1, -0.05) is 48.8 Å². The zero-order valence-electron chi connectivity index (χ0n) is 13.9. The molecule has 0 spiro atoms. The van der Waals surface area contributed by atoms with E-state index in [-0.39, 0.29) is 0 Å². The second-order valence-electron chi connectivity index (χ2n) is 5.94. The van der Waals surface area contributed by atoms with E-state index in [2.05, 4.69) is 52.4 Å². The number of halogens is 1. The van der Waals surface area contributed by atoms with Crippen LogP contribution >= 0.6 is 15.9 Å². The standard InChI is InChI=1S/C18H28BrNO2/c1-4-16(12-9-14-7-10-15(19)11-8-14)20-13-18(5-2,6-3)17(21)22/h7-8,10-11,16,20H,4-6,9,12-13H2,1-3H3,(H,21,22). The van der Waals surface area contributed by atoms with Gasteiger partial charge in [0.2, 0.25) is 0 Å². The van der Waals surface area contributed by atoms with Gasteiger partial charge in [-0.05, 0) is 49.8 Å². The highest BCUT2D eigenvalue weighted by atomic mass is 79.9. The van der Waals surface area contributed by atoms with Crippen molar-refractivity contribution in [1.29, 1.82) is 0 Å². The summed E-state index contributed by atoms with van der Waals surface area (Å²) in [4.78, 5) is 11.6. The van der Waals surface area contributed by atoms with Gasteiger partial charge in [-0.2, -0.15) is 0 Å². The molecule has 1 atom stereocenters. The number of benzene rings is 1. The van der Waals surface area contributed by atoms with Gasteiger partial charge >= 0.3 is 5.97 Å². The largest absolute Gasteiger partial charge is 0.481 e. The number of hydrogen-bond donors (Lipinski definition) is 2. The van der Waals surface area contributed by atoms with Crippen LogP contribution in [0.4, 0.5) is 0 Å². The number of carboxylic acids is 1. The van der Waals surface area contributed by atoms with E-state index in [1.165, 1.54) is 5.56 Å². The van der Waals surface area contributed by atoms with Gasteiger partial charge in [0, 0.05) is 17.1 Å². The quantitative estimate of drug-likeness (QED) is 0.631. The average Bonchev–Trinajstić information content (AvgIpc) is 2.52. The lowest BCUT2D eigenvalue weighted by Crippen LogP contribution is -2.44. The van der Waals surface area contributed by atoms with E-state index in [1.807, 2.05) is 13.8 Å². The van der Waals surface area contributed by atoms with E-state index in [0.717, 1.165) is 23.7 Å². The Morgan fingerprint density at radius 2 is 1.82 bits per heavy atom. The summed E-state index contributed by atoms with van der Waals surface area (Å²) in [6, 6.07) is 8.76. The van der Waals surface area contributed by atoms with E-state index >= 15 is 0 Å². The summed E-state index contributed by atoms with van der Waals surface area (Å²) in [5.41, 5.74) is 0.685. The van der Waals surface area contributed by atoms with E-state index in [1.54, 1.807) is 0 Å². The summed E-state index contributed by atoms with van der Waals surface area (Å²) < 4.78 is 1.10. The third-order valence-electron chi connectivity index (χ3n) is 4.72. The molecule has 0 aliphatic rings. The first-order chi connectivity index (χ1) is 10.5. The zero-order valence-corrected chi connectivity index (χ0v) is 15.4. The van der Waals surface area contributed by atoms with E-state index in [0.29, 0.717) is 25.4 Å². The van der Waals surface area contributed by atoms with Crippen LogP contribution in [0.15, 0.2) is 28.7 Å². The summed E-state index contributed by atoms with van der Waals surface area (Å²) in [5.74, 6) is -0.687. The molecule has 2 N–H and O–H groups in total. The molecule has 0 aliphatic heterocycles. The van der Waals surface area contributed by atoms with Crippen LogP contribution in [0.1, 0.15) is 52.0 Å². The lowest BCUT2D eigenvalue weighted by atomic mass is 9.82. The molecule has 0 fully saturated rings. The zero-order chi connectivity index (χ0) is 16.6. The molecule has 3 nitrogen and oxygen atoms in total. The van der Waals surface area contributed by atoms with Crippen molar-refractivity contribution in [3.05, 3.63) is 34.3 Å². The smallest absolute Gasteiger partial charge is 0.310 e. The average molecular weight is 370 g/mol. The Balaban J connectivity index is 2.54. The van der Waals surface area contributed by atoms with Crippen LogP contribution in [0.2, 0.25) is 0 Å². The molecule has 0 saturated carbocycles. The van der Waals surface area contributed by atoms with Crippen molar-refractivity contribution in [3.8, 4) is 0 Å². The highest BCUT2D eigenvalue weighted by Gasteiger charge is 2.34. The van der Waals surface area contributed by atoms with Crippen molar-refractivity contribution in [1.82, 2.24) is 5.32 Å². The van der Waals surface area contributed by atoms with Gasteiger partial charge in [-0.25, -0.2) is 0 Å². The van der Waals surface area contributed by atoms with Gasteiger partial charge in [-0.15, -0.1) is 0 Å². The molecule has 0 aromatic heterocycles. The highest BCUT2D eigenvalue weighted by molar-refractivity contribution is 9.10. The Labute approximate surface area is 142 Å². The molecule has 4 heteroatoms. The maximum Gasteiger partial charge on any atom is 0.310 e. The monoisotopic (exact) mass is 369 g/mol. The number of aliphatic carboxylic acids is 1. The molecule has 0 saturated heterocycles. The second kappa shape index (κ2) is 9.31. The number of aryl methyl sites for hydroxylation is 1. The fraction of sp³-hybridized carbons (Fsp3) is 0.611. The Morgan fingerprint density at radius 3 is 2.27 bits per heavy atom. The van der Waals surface area contributed by atoms with Crippen LogP contribution in [0.5, 0.6) is 0 Å². The summed E-state index contributed by atoms with van der Waals surface area (Å²) >= 11 is 3.45. The minimum Gasteiger partial charge on any atom is -0.481 e. The Bertz CT molecular complexity index is 455. The number of hydrogen-bond acceptors (Lipinski definition) is 2. The maximum atomic E-state index is 11.6. The molecule has 0 heterocycles. The van der Waals surface area contributed by atoms with Crippen molar-refractivity contribution in [2.24, 2.45) is 5.41 Å². The molecule has 0 bridgehead atoms. The summed E-state index contributed by atoms with van der Waals surface area (Å²) in [6.07, 6.45) is 4.38. The van der Waals surface area contributed by atoms with Crippen LogP contribution in [0.3, 0.4) is 0 Å². The molecular weight excluding hydrogens is 342 g/mol. The molecule has 1 aromatic carbocycles. The molecular formula is C18H28BrNO2. The van der Waals surface area contributed by atoms with Crippen LogP contribution in [0.25, 0.3) is 0 Å². The highest BCUT2D eigenvalue weighted by Crippen LogP contribution is 2.26. The Hall–Kier alpha value is -0.870. The van der Waals surface area contributed by atoms with Gasteiger partial charge in [0.15, 0.2) is 0 Å². The molecule has 1 aromatic rings. The number of carboxylic acid groups (broad SMARTS) is 1. The number of rotatable bonds is 10. The first kappa shape index (κ1) is 19.2. The third-order valence-corrected chi connectivity index (χ3v) is 5.25. The van der Waals surface area contributed by atoms with Crippen molar-refractivity contribution in [2.45, 2.75) is 58.9 Å². The van der Waals surface area contributed by atoms with Crippen molar-refractivity contribution in [2.75, 3.05) is 6.54 Å². The van der Waals surface area contributed by atoms with Gasteiger partial charge in [-0.3, -0.25) is 4.79 Å². The molecule has 124 valence electrons. The summed E-state index contributed by atoms with van der Waals surface area (Å²) in [6.45, 7) is 6.62. The van der Waals surface area contributed by atoms with Crippen LogP contribution in [0, 0.1) is 5.41 Å². The molecule has 1 unspecified atom stereocenters. The minimum absolute atomic E-state index is 0.362. The first-order valence-corrected chi connectivity index (χ1v) is 8.98. The molecule has 0 aliphatic carbocycles. The van der Waals surface area contributed by atoms with Gasteiger partial charge in [0.05, 0.1) is 5.41 Å². The fourth-order valence-electron chi connectivity index (χ4n) is 2.66. The molecule has 22 heavy (non-hydrogen) atoms. The maximum absolute atomic E-state index is 11.6. The predicted molar refractivity (Wildman–Crippen MR) is 95.2 cm³/mol. The van der Waals surface area contributed by atoms with E-state index in [4.69, 9.17) is 0 Å². The third kappa shape index (κ3) is 5.40. The Kier molecular flexibility index (Phi) is 8.12. The fourth-order valence-corrected chi connectivity index (χ4v) is 2.92. The minimum atomic E-state index is -0.687. The normalized spacial score (nSPS) is 13.1. The van der Waals surface area contributed by atoms with Gasteiger partial charge in [0.25, 0.3) is 0 Å². The number of carbonyl (C=O) groups is 1. The first-order valence-electron chi connectivity index (χ1n) is 8.18. The SMILES string of the molecule is CCC(CCc1ccc(Br)cc1)NCC(CC)(CC)C(=O)O. The number of nitrogens with one attached hydrogen (secondary N) is 1. The lowest BCUT2D eigenvalue weighted by Gasteiger charge is -2.29. The second-order valence-corrected chi connectivity index (χ2v) is 6.86. The van der Waals surface area contributed by atoms with Gasteiger partial charge < -0.3 is 10.4 Å². The molecule has 0 amide bonds. The van der Waals surface area contributed by atoms with Crippen LogP contribution < -0.4 is 5.32 Å². The van der Waals surface area contributed by atoms with Crippen molar-refractivity contribution in [3.63, 3.8) is 0 Å². The van der Waals surface area contributed by atoms with E-state index < -0.39 is 11.4 Å².